The van der Waals surface area contributed by atoms with Gasteiger partial charge in [-0.1, -0.05) is 55.7 Å². The van der Waals surface area contributed by atoms with Crippen LogP contribution in [0, 0.1) is 0 Å². The molecule has 28 heavy (non-hydrogen) atoms. The molecule has 144 valence electrons. The van der Waals surface area contributed by atoms with Crippen molar-refractivity contribution < 1.29 is 19.1 Å². The van der Waals surface area contributed by atoms with E-state index in [9.17, 15) is 14.4 Å². The zero-order chi connectivity index (χ0) is 19.5. The third kappa shape index (κ3) is 3.50. The molecule has 4 rings (SSSR count). The minimum absolute atomic E-state index is 0.00956. The van der Waals surface area contributed by atoms with E-state index in [0.29, 0.717) is 17.1 Å². The number of carbonyl (C=O) groups excluding carboxylic acids is 3. The van der Waals surface area contributed by atoms with Gasteiger partial charge in [0.15, 0.2) is 0 Å². The van der Waals surface area contributed by atoms with E-state index in [1.807, 2.05) is 42.5 Å². The number of hydrogen-bond donors (Lipinski definition) is 0. The summed E-state index contributed by atoms with van der Waals surface area (Å²) in [6.45, 7) is 0.00956. The van der Waals surface area contributed by atoms with E-state index in [0.717, 1.165) is 37.0 Å². The summed E-state index contributed by atoms with van der Waals surface area (Å²) < 4.78 is 5.91. The predicted octanol–water partition coefficient (Wildman–Crippen LogP) is 4.10. The Bertz CT molecular complexity index is 890. The molecule has 1 saturated heterocycles. The highest BCUT2D eigenvalue weighted by Gasteiger charge is 2.47. The van der Waals surface area contributed by atoms with Gasteiger partial charge in [-0.05, 0) is 31.0 Å². The first-order chi connectivity index (χ1) is 13.6. The first-order valence-corrected chi connectivity index (χ1v) is 9.65. The fourth-order valence-corrected chi connectivity index (χ4v) is 3.84. The summed E-state index contributed by atoms with van der Waals surface area (Å²) in [5.74, 6) is -0.254. The maximum Gasteiger partial charge on any atom is 0.334 e. The fraction of sp³-hybridized carbons (Fsp3) is 0.318. The quantitative estimate of drug-likeness (QED) is 0.580. The third-order valence-corrected chi connectivity index (χ3v) is 5.30. The monoisotopic (exact) mass is 378 g/mol. The highest BCUT2D eigenvalue weighted by atomic mass is 16.5. The molecule has 2 aliphatic rings. The van der Waals surface area contributed by atoms with E-state index >= 15 is 0 Å². The maximum absolute atomic E-state index is 12.9. The molecule has 4 amide bonds. The Morgan fingerprint density at radius 3 is 2.25 bits per heavy atom. The first-order valence-electron chi connectivity index (χ1n) is 9.65. The summed E-state index contributed by atoms with van der Waals surface area (Å²) in [6.07, 6.45) is 4.60. The van der Waals surface area contributed by atoms with E-state index in [1.165, 1.54) is 4.90 Å². The van der Waals surface area contributed by atoms with Crippen molar-refractivity contribution in [1.82, 2.24) is 9.80 Å². The highest BCUT2D eigenvalue weighted by molar-refractivity contribution is 6.44. The van der Waals surface area contributed by atoms with Crippen LogP contribution >= 0.6 is 0 Å². The average Bonchev–Trinajstić information content (AvgIpc) is 2.94. The molecule has 2 aromatic carbocycles. The van der Waals surface area contributed by atoms with Crippen LogP contribution in [0.4, 0.5) is 4.79 Å². The summed E-state index contributed by atoms with van der Waals surface area (Å²) in [4.78, 5) is 40.1. The summed E-state index contributed by atoms with van der Waals surface area (Å²) in [7, 11) is 0. The van der Waals surface area contributed by atoms with Crippen LogP contribution in [0.1, 0.15) is 37.7 Å². The second-order valence-electron chi connectivity index (χ2n) is 7.16. The van der Waals surface area contributed by atoms with Crippen LogP contribution in [0.5, 0.6) is 11.5 Å². The molecule has 2 fully saturated rings. The molecular weight excluding hydrogens is 356 g/mol. The van der Waals surface area contributed by atoms with E-state index in [1.54, 1.807) is 12.1 Å². The van der Waals surface area contributed by atoms with Crippen LogP contribution in [-0.4, -0.2) is 33.7 Å². The third-order valence-electron chi connectivity index (χ3n) is 5.30. The van der Waals surface area contributed by atoms with Crippen LogP contribution in [0.2, 0.25) is 0 Å². The van der Waals surface area contributed by atoms with Crippen molar-refractivity contribution in [2.45, 2.75) is 44.7 Å². The van der Waals surface area contributed by atoms with E-state index in [2.05, 4.69) is 0 Å². The molecule has 2 aromatic rings. The fourth-order valence-electron chi connectivity index (χ4n) is 3.84. The molecule has 0 N–H and O–H groups in total. The highest BCUT2D eigenvalue weighted by Crippen LogP contribution is 2.30. The van der Waals surface area contributed by atoms with Gasteiger partial charge in [-0.3, -0.25) is 19.4 Å². The van der Waals surface area contributed by atoms with E-state index in [4.69, 9.17) is 4.74 Å². The van der Waals surface area contributed by atoms with Gasteiger partial charge in [-0.15, -0.1) is 0 Å². The van der Waals surface area contributed by atoms with Crippen molar-refractivity contribution in [3.63, 3.8) is 0 Å². The Morgan fingerprint density at radius 1 is 0.821 bits per heavy atom. The molecule has 1 aliphatic carbocycles. The van der Waals surface area contributed by atoms with Crippen molar-refractivity contribution in [2.75, 3.05) is 0 Å². The minimum Gasteiger partial charge on any atom is -0.457 e. The number of imide groups is 2. The molecule has 1 saturated carbocycles. The van der Waals surface area contributed by atoms with Gasteiger partial charge in [0.1, 0.15) is 11.5 Å². The lowest BCUT2D eigenvalue weighted by Crippen LogP contribution is -2.42. The molecule has 1 aliphatic heterocycles. The smallest absolute Gasteiger partial charge is 0.334 e. The van der Waals surface area contributed by atoms with E-state index in [-0.39, 0.29) is 12.6 Å². The van der Waals surface area contributed by atoms with E-state index < -0.39 is 17.8 Å². The van der Waals surface area contributed by atoms with Crippen molar-refractivity contribution in [1.29, 1.82) is 0 Å². The number of benzene rings is 2. The van der Waals surface area contributed by atoms with Gasteiger partial charge in [0.05, 0.1) is 6.54 Å². The van der Waals surface area contributed by atoms with Crippen LogP contribution in [-0.2, 0) is 16.1 Å². The number of hydrogen-bond acceptors (Lipinski definition) is 4. The molecule has 6 heteroatoms. The van der Waals surface area contributed by atoms with Crippen LogP contribution in [0.3, 0.4) is 0 Å². The molecule has 0 spiro atoms. The maximum atomic E-state index is 12.9. The van der Waals surface area contributed by atoms with Gasteiger partial charge < -0.3 is 4.74 Å². The summed E-state index contributed by atoms with van der Waals surface area (Å²) in [5, 5.41) is 0. The largest absolute Gasteiger partial charge is 0.457 e. The minimum atomic E-state index is -0.759. The van der Waals surface area contributed by atoms with Gasteiger partial charge in [-0.25, -0.2) is 4.79 Å². The van der Waals surface area contributed by atoms with Gasteiger partial charge in [0.25, 0.3) is 0 Å². The number of urea groups is 1. The van der Waals surface area contributed by atoms with Crippen LogP contribution in [0.25, 0.3) is 0 Å². The molecule has 0 atom stereocenters. The number of carbonyl (C=O) groups is 3. The van der Waals surface area contributed by atoms with Gasteiger partial charge in [0, 0.05) is 11.6 Å². The number of para-hydroxylation sites is 2. The molecule has 0 radical (unpaired) electrons. The lowest BCUT2D eigenvalue weighted by Gasteiger charge is -2.28. The van der Waals surface area contributed by atoms with Crippen molar-refractivity contribution in [3.8, 4) is 11.5 Å². The lowest BCUT2D eigenvalue weighted by molar-refractivity contribution is -0.144. The summed E-state index contributed by atoms with van der Waals surface area (Å²) in [6, 6.07) is 15.8. The molecular formula is C22H22N2O4. The average molecular weight is 378 g/mol. The lowest BCUT2D eigenvalue weighted by atomic mass is 9.94. The summed E-state index contributed by atoms with van der Waals surface area (Å²) in [5.41, 5.74) is 0.673. The number of nitrogens with zero attached hydrogens (tertiary/aromatic N) is 2. The normalized spacial score (nSPS) is 18.1. The molecule has 1 heterocycles. The molecule has 0 unspecified atom stereocenters. The topological polar surface area (TPSA) is 66.9 Å². The molecule has 0 aromatic heterocycles. The van der Waals surface area contributed by atoms with Crippen molar-refractivity contribution in [2.24, 2.45) is 0 Å². The van der Waals surface area contributed by atoms with Gasteiger partial charge in [-0.2, -0.15) is 0 Å². The van der Waals surface area contributed by atoms with Crippen LogP contribution in [0.15, 0.2) is 54.6 Å². The Labute approximate surface area is 163 Å². The molecule has 0 bridgehead atoms. The predicted molar refractivity (Wildman–Crippen MR) is 103 cm³/mol. The Kier molecular flexibility index (Phi) is 5.10. The zero-order valence-corrected chi connectivity index (χ0v) is 15.5. The Balaban J connectivity index is 1.55. The van der Waals surface area contributed by atoms with Gasteiger partial charge >= 0.3 is 17.8 Å². The molecule has 6 nitrogen and oxygen atoms in total. The second kappa shape index (κ2) is 7.84. The van der Waals surface area contributed by atoms with Crippen LogP contribution < -0.4 is 4.74 Å². The van der Waals surface area contributed by atoms with Crippen molar-refractivity contribution >= 4 is 17.8 Å². The SMILES string of the molecule is O=C1C(=O)N(C2CCCCC2)C(=O)N1Cc1ccccc1Oc1ccccc1. The summed E-state index contributed by atoms with van der Waals surface area (Å²) >= 11 is 0. The Morgan fingerprint density at radius 2 is 1.50 bits per heavy atom. The van der Waals surface area contributed by atoms with Gasteiger partial charge in [0.2, 0.25) is 0 Å². The zero-order valence-electron chi connectivity index (χ0n) is 15.5. The number of rotatable bonds is 5. The number of ether oxygens (including phenoxy) is 1. The first kappa shape index (κ1) is 18.2. The van der Waals surface area contributed by atoms with Crippen molar-refractivity contribution in [3.05, 3.63) is 60.2 Å². The standard InChI is InChI=1S/C22H22N2O4/c25-20-21(26)24(17-10-3-1-4-11-17)22(27)23(20)15-16-9-7-8-14-19(16)28-18-12-5-2-6-13-18/h2,5-9,12-14,17H,1,3-4,10-11,15H2. The Hall–Kier alpha value is -3.15. The second-order valence-corrected chi connectivity index (χ2v) is 7.16. The number of amides is 4.